The summed E-state index contributed by atoms with van der Waals surface area (Å²) in [5, 5.41) is 3.95. The fourth-order valence-corrected chi connectivity index (χ4v) is 3.23. The van der Waals surface area contributed by atoms with E-state index in [1.165, 1.54) is 23.7 Å². The van der Waals surface area contributed by atoms with E-state index in [9.17, 15) is 4.79 Å². The minimum Gasteiger partial charge on any atom is -0.462 e. The average molecular weight is 279 g/mol. The molecule has 1 saturated heterocycles. The van der Waals surface area contributed by atoms with Gasteiger partial charge in [0.15, 0.2) is 0 Å². The first-order valence-electron chi connectivity index (χ1n) is 7.27. The maximum atomic E-state index is 11.7. The Hall–Kier alpha value is -1.56. The summed E-state index contributed by atoms with van der Waals surface area (Å²) in [7, 11) is 0. The van der Waals surface area contributed by atoms with Crippen LogP contribution in [0.1, 0.15) is 38.5 Å². The first kappa shape index (κ1) is 13.4. The van der Waals surface area contributed by atoms with Crippen molar-refractivity contribution in [1.29, 1.82) is 0 Å². The van der Waals surface area contributed by atoms with Crippen LogP contribution in [-0.4, -0.2) is 34.1 Å². The van der Waals surface area contributed by atoms with Gasteiger partial charge in [-0.2, -0.15) is 5.10 Å². The summed E-state index contributed by atoms with van der Waals surface area (Å²) in [6.07, 6.45) is 10.1. The van der Waals surface area contributed by atoms with Gasteiger partial charge < -0.3 is 15.2 Å². The number of anilines is 1. The summed E-state index contributed by atoms with van der Waals surface area (Å²) >= 11 is 0. The van der Waals surface area contributed by atoms with Gasteiger partial charge in [0.25, 0.3) is 0 Å². The van der Waals surface area contributed by atoms with Crippen LogP contribution in [0.2, 0.25) is 0 Å². The van der Waals surface area contributed by atoms with Crippen molar-refractivity contribution in [3.8, 4) is 0 Å². The van der Waals surface area contributed by atoms with Crippen LogP contribution in [0.3, 0.4) is 0 Å². The van der Waals surface area contributed by atoms with Crippen molar-refractivity contribution in [3.05, 3.63) is 12.4 Å². The molecule has 2 fully saturated rings. The van der Waals surface area contributed by atoms with Crippen LogP contribution in [0.5, 0.6) is 0 Å². The fraction of sp³-hybridized carbons (Fsp3) is 0.714. The van der Waals surface area contributed by atoms with Crippen LogP contribution in [0, 0.1) is 0 Å². The zero-order chi connectivity index (χ0) is 14.0. The van der Waals surface area contributed by atoms with E-state index in [0.29, 0.717) is 12.3 Å². The van der Waals surface area contributed by atoms with E-state index in [1.54, 1.807) is 6.20 Å². The van der Waals surface area contributed by atoms with Crippen LogP contribution in [0.25, 0.3) is 0 Å². The second-order valence-electron chi connectivity index (χ2n) is 5.82. The third kappa shape index (κ3) is 2.95. The number of nitrogens with two attached hydrogens (primary N) is 1. The van der Waals surface area contributed by atoms with Crippen molar-refractivity contribution in [1.82, 2.24) is 9.78 Å². The quantitative estimate of drug-likeness (QED) is 0.845. The highest BCUT2D eigenvalue weighted by molar-refractivity contribution is 5.69. The van der Waals surface area contributed by atoms with Gasteiger partial charge in [-0.3, -0.25) is 9.48 Å². The predicted octanol–water partition coefficient (Wildman–Crippen LogP) is 1.50. The van der Waals surface area contributed by atoms with E-state index < -0.39 is 0 Å². The Morgan fingerprint density at radius 3 is 3.00 bits per heavy atom. The topological polar surface area (TPSA) is 79.4 Å². The zero-order valence-corrected chi connectivity index (χ0v) is 11.6. The molecule has 110 valence electrons. The number of hydrogen-bond donors (Lipinski definition) is 1. The third-order valence-corrected chi connectivity index (χ3v) is 4.23. The number of rotatable bonds is 4. The zero-order valence-electron chi connectivity index (χ0n) is 11.6. The lowest BCUT2D eigenvalue weighted by atomic mass is 9.98. The molecule has 2 aliphatic rings. The molecule has 0 aromatic carbocycles. The number of ether oxygens (including phenoxy) is 2. The summed E-state index contributed by atoms with van der Waals surface area (Å²) in [4.78, 5) is 11.7. The van der Waals surface area contributed by atoms with Crippen molar-refractivity contribution in [2.75, 3.05) is 12.3 Å². The highest BCUT2D eigenvalue weighted by atomic mass is 16.6. The number of carbonyl (C=O) groups is 1. The van der Waals surface area contributed by atoms with Crippen LogP contribution >= 0.6 is 0 Å². The first-order chi connectivity index (χ1) is 9.65. The molecular formula is C14H21N3O3. The third-order valence-electron chi connectivity index (χ3n) is 4.23. The van der Waals surface area contributed by atoms with E-state index in [0.717, 1.165) is 25.7 Å². The van der Waals surface area contributed by atoms with E-state index in [2.05, 4.69) is 5.10 Å². The van der Waals surface area contributed by atoms with Crippen LogP contribution in [0.4, 0.5) is 5.69 Å². The molecule has 1 atom stereocenters. The molecule has 1 saturated carbocycles. The van der Waals surface area contributed by atoms with Gasteiger partial charge >= 0.3 is 5.97 Å². The highest BCUT2D eigenvalue weighted by Crippen LogP contribution is 2.43. The Morgan fingerprint density at radius 2 is 2.30 bits per heavy atom. The largest absolute Gasteiger partial charge is 0.462 e. The van der Waals surface area contributed by atoms with Crippen molar-refractivity contribution in [2.45, 2.75) is 56.8 Å². The number of esters is 1. The minimum atomic E-state index is -0.302. The Kier molecular flexibility index (Phi) is 3.65. The minimum absolute atomic E-state index is 0.0553. The fourth-order valence-electron chi connectivity index (χ4n) is 3.23. The number of aromatic nitrogens is 2. The molecular weight excluding hydrogens is 258 g/mol. The second kappa shape index (κ2) is 5.44. The molecule has 1 aliphatic heterocycles. The summed E-state index contributed by atoms with van der Waals surface area (Å²) in [6, 6.07) is 0. The summed E-state index contributed by atoms with van der Waals surface area (Å²) in [6.45, 7) is 0.437. The Balaban J connectivity index is 1.42. The monoisotopic (exact) mass is 279 g/mol. The van der Waals surface area contributed by atoms with Crippen molar-refractivity contribution < 1.29 is 14.3 Å². The number of nitrogens with zero attached hydrogens (tertiary/aromatic N) is 2. The van der Waals surface area contributed by atoms with E-state index in [4.69, 9.17) is 15.2 Å². The molecule has 20 heavy (non-hydrogen) atoms. The lowest BCUT2D eigenvalue weighted by molar-refractivity contribution is -0.150. The van der Waals surface area contributed by atoms with Crippen LogP contribution < -0.4 is 5.73 Å². The molecule has 3 rings (SSSR count). The maximum Gasteiger partial charge on any atom is 0.327 e. The van der Waals surface area contributed by atoms with Gasteiger partial charge in [-0.25, -0.2) is 0 Å². The van der Waals surface area contributed by atoms with Gasteiger partial charge in [0.2, 0.25) is 0 Å². The molecule has 2 heterocycles. The van der Waals surface area contributed by atoms with Crippen molar-refractivity contribution in [2.24, 2.45) is 0 Å². The molecule has 2 N–H and O–H groups in total. The smallest absolute Gasteiger partial charge is 0.327 e. The van der Waals surface area contributed by atoms with Gasteiger partial charge in [0.1, 0.15) is 13.2 Å². The van der Waals surface area contributed by atoms with Gasteiger partial charge in [-0.15, -0.1) is 0 Å². The molecule has 1 unspecified atom stereocenters. The molecule has 1 spiro atoms. The molecule has 6 heteroatoms. The Morgan fingerprint density at radius 1 is 1.50 bits per heavy atom. The lowest BCUT2D eigenvalue weighted by Gasteiger charge is -2.23. The SMILES string of the molecule is Nc1cnn(CC(=O)OCC2CCC3(CCCC3)O2)c1. The predicted molar refractivity (Wildman–Crippen MR) is 72.9 cm³/mol. The standard InChI is InChI=1S/C14H21N3O3/c15-11-7-16-17(8-11)9-13(18)19-10-12-3-6-14(20-12)4-1-2-5-14/h7-8,12H,1-6,9-10,15H2. The lowest BCUT2D eigenvalue weighted by Crippen LogP contribution is -2.27. The molecule has 1 aliphatic carbocycles. The molecule has 0 radical (unpaired) electrons. The van der Waals surface area contributed by atoms with Crippen LogP contribution in [-0.2, 0) is 20.8 Å². The van der Waals surface area contributed by atoms with Gasteiger partial charge in [-0.05, 0) is 25.7 Å². The van der Waals surface area contributed by atoms with Crippen molar-refractivity contribution in [3.63, 3.8) is 0 Å². The molecule has 6 nitrogen and oxygen atoms in total. The summed E-state index contributed by atoms with van der Waals surface area (Å²) in [5.74, 6) is -0.302. The highest BCUT2D eigenvalue weighted by Gasteiger charge is 2.42. The molecule has 1 aromatic rings. The number of hydrogen-bond acceptors (Lipinski definition) is 5. The van der Waals surface area contributed by atoms with Gasteiger partial charge in [-0.1, -0.05) is 12.8 Å². The molecule has 1 aromatic heterocycles. The number of carbonyl (C=O) groups excluding carboxylic acids is 1. The Labute approximate surface area is 118 Å². The van der Waals surface area contributed by atoms with Gasteiger partial charge in [0.05, 0.1) is 23.6 Å². The van der Waals surface area contributed by atoms with Crippen molar-refractivity contribution >= 4 is 11.7 Å². The first-order valence-corrected chi connectivity index (χ1v) is 7.27. The van der Waals surface area contributed by atoms with Gasteiger partial charge in [0, 0.05) is 6.20 Å². The summed E-state index contributed by atoms with van der Waals surface area (Å²) < 4.78 is 12.8. The van der Waals surface area contributed by atoms with E-state index >= 15 is 0 Å². The average Bonchev–Trinajstić information content (AvgIpc) is 3.12. The van der Waals surface area contributed by atoms with Crippen LogP contribution in [0.15, 0.2) is 12.4 Å². The summed E-state index contributed by atoms with van der Waals surface area (Å²) in [5.41, 5.74) is 6.17. The molecule has 0 amide bonds. The normalized spacial score (nSPS) is 24.3. The maximum absolute atomic E-state index is 11.7. The molecule has 0 bridgehead atoms. The second-order valence-corrected chi connectivity index (χ2v) is 5.82. The Bertz CT molecular complexity index is 480. The number of nitrogen functional groups attached to an aromatic ring is 1. The van der Waals surface area contributed by atoms with E-state index in [-0.39, 0.29) is 24.2 Å². The van der Waals surface area contributed by atoms with E-state index in [1.807, 2.05) is 0 Å².